The summed E-state index contributed by atoms with van der Waals surface area (Å²) >= 11 is 5.80. The maximum atomic E-state index is 11.6. The molecule has 21 heavy (non-hydrogen) atoms. The largest absolute Gasteiger partial charge is 0.376 e. The average Bonchev–Trinajstić information content (AvgIpc) is 2.52. The van der Waals surface area contributed by atoms with Gasteiger partial charge < -0.3 is 15.4 Å². The van der Waals surface area contributed by atoms with Crippen molar-refractivity contribution >= 4 is 23.6 Å². The molecule has 1 heterocycles. The molecule has 1 saturated heterocycles. The molecule has 5 heteroatoms. The van der Waals surface area contributed by atoms with E-state index in [9.17, 15) is 4.79 Å². The molecule has 0 aromatic heterocycles. The number of ether oxygens (including phenoxy) is 1. The lowest BCUT2D eigenvalue weighted by Gasteiger charge is -2.22. The van der Waals surface area contributed by atoms with Gasteiger partial charge in [-0.3, -0.25) is 4.79 Å². The number of piperidine rings is 1. The molecule has 0 unspecified atom stereocenters. The van der Waals surface area contributed by atoms with Crippen molar-refractivity contribution < 1.29 is 9.53 Å². The van der Waals surface area contributed by atoms with Crippen molar-refractivity contribution in [3.8, 4) is 0 Å². The minimum absolute atomic E-state index is 0.112. The normalized spacial score (nSPS) is 16.2. The summed E-state index contributed by atoms with van der Waals surface area (Å²) in [5, 5.41) is 6.79. The van der Waals surface area contributed by atoms with Crippen LogP contribution >= 0.6 is 11.6 Å². The predicted octanol–water partition coefficient (Wildman–Crippen LogP) is 2.24. The summed E-state index contributed by atoms with van der Waals surface area (Å²) in [5.41, 5.74) is 0.945. The van der Waals surface area contributed by atoms with Gasteiger partial charge in [-0.15, -0.1) is 0 Å². The molecule has 0 radical (unpaired) electrons. The highest BCUT2D eigenvalue weighted by Crippen LogP contribution is 2.10. The van der Waals surface area contributed by atoms with Crippen molar-refractivity contribution in [2.75, 3.05) is 26.2 Å². The number of carbonyl (C=O) groups is 1. The monoisotopic (exact) mass is 308 g/mol. The number of halogens is 1. The van der Waals surface area contributed by atoms with E-state index < -0.39 is 0 Å². The minimum atomic E-state index is -0.112. The molecule has 0 aliphatic carbocycles. The van der Waals surface area contributed by atoms with E-state index in [0.717, 1.165) is 31.5 Å². The third-order valence-electron chi connectivity index (χ3n) is 3.34. The second-order valence-corrected chi connectivity index (χ2v) is 5.43. The molecular formula is C16H21ClN2O2. The molecular weight excluding hydrogens is 288 g/mol. The van der Waals surface area contributed by atoms with Gasteiger partial charge in [0.1, 0.15) is 0 Å². The van der Waals surface area contributed by atoms with Gasteiger partial charge in [-0.05, 0) is 49.7 Å². The van der Waals surface area contributed by atoms with Crippen LogP contribution in [0.25, 0.3) is 6.08 Å². The van der Waals surface area contributed by atoms with Crippen molar-refractivity contribution in [1.29, 1.82) is 0 Å². The zero-order valence-corrected chi connectivity index (χ0v) is 12.7. The van der Waals surface area contributed by atoms with Gasteiger partial charge >= 0.3 is 0 Å². The Hall–Kier alpha value is -1.36. The number of carbonyl (C=O) groups excluding carboxylic acids is 1. The summed E-state index contributed by atoms with van der Waals surface area (Å²) in [5.74, 6) is -0.112. The van der Waals surface area contributed by atoms with Gasteiger partial charge in [0.05, 0.1) is 12.7 Å². The molecule has 2 N–H and O–H groups in total. The van der Waals surface area contributed by atoms with Crippen LogP contribution in [0.1, 0.15) is 18.4 Å². The number of hydrogen-bond donors (Lipinski definition) is 2. The molecule has 4 nitrogen and oxygen atoms in total. The van der Waals surface area contributed by atoms with E-state index in [1.165, 1.54) is 6.08 Å². The lowest BCUT2D eigenvalue weighted by atomic mass is 10.1. The summed E-state index contributed by atoms with van der Waals surface area (Å²) in [7, 11) is 0. The molecule has 0 saturated carbocycles. The van der Waals surface area contributed by atoms with Gasteiger partial charge in [-0.1, -0.05) is 23.7 Å². The van der Waals surface area contributed by atoms with E-state index in [1.54, 1.807) is 18.2 Å². The zero-order valence-electron chi connectivity index (χ0n) is 12.0. The highest BCUT2D eigenvalue weighted by atomic mass is 35.5. The highest BCUT2D eigenvalue weighted by molar-refractivity contribution is 6.30. The Morgan fingerprint density at radius 2 is 2.05 bits per heavy atom. The van der Waals surface area contributed by atoms with Gasteiger partial charge in [0.25, 0.3) is 0 Å². The van der Waals surface area contributed by atoms with Crippen LogP contribution in [0, 0.1) is 0 Å². The van der Waals surface area contributed by atoms with E-state index in [-0.39, 0.29) is 5.91 Å². The highest BCUT2D eigenvalue weighted by Gasteiger charge is 2.12. The third-order valence-corrected chi connectivity index (χ3v) is 3.59. The quantitative estimate of drug-likeness (QED) is 0.626. The summed E-state index contributed by atoms with van der Waals surface area (Å²) in [6.07, 6.45) is 5.70. The van der Waals surface area contributed by atoms with Crippen LogP contribution in [-0.2, 0) is 9.53 Å². The number of hydrogen-bond acceptors (Lipinski definition) is 3. The lowest BCUT2D eigenvalue weighted by molar-refractivity contribution is -0.116. The molecule has 0 spiro atoms. The fraction of sp³-hybridized carbons (Fsp3) is 0.438. The number of amides is 1. The van der Waals surface area contributed by atoms with Crippen LogP contribution in [0.4, 0.5) is 0 Å². The standard InChI is InChI=1S/C16H21ClN2O2/c17-14-4-1-13(2-5-14)3-6-16(20)19-11-12-21-15-7-9-18-10-8-15/h1-6,15,18H,7-12H2,(H,19,20). The Morgan fingerprint density at radius 3 is 2.76 bits per heavy atom. The second-order valence-electron chi connectivity index (χ2n) is 5.00. The van der Waals surface area contributed by atoms with E-state index >= 15 is 0 Å². The molecule has 1 aromatic rings. The van der Waals surface area contributed by atoms with E-state index in [1.807, 2.05) is 12.1 Å². The van der Waals surface area contributed by atoms with Crippen LogP contribution in [0.2, 0.25) is 5.02 Å². The van der Waals surface area contributed by atoms with Crippen LogP contribution < -0.4 is 10.6 Å². The maximum absolute atomic E-state index is 11.6. The first kappa shape index (κ1) is 16.0. The molecule has 1 aliphatic heterocycles. The Kier molecular flexibility index (Phi) is 6.73. The van der Waals surface area contributed by atoms with E-state index in [0.29, 0.717) is 24.3 Å². The van der Waals surface area contributed by atoms with E-state index in [4.69, 9.17) is 16.3 Å². The van der Waals surface area contributed by atoms with Gasteiger partial charge in [-0.2, -0.15) is 0 Å². The minimum Gasteiger partial charge on any atom is -0.376 e. The van der Waals surface area contributed by atoms with Crippen molar-refractivity contribution in [1.82, 2.24) is 10.6 Å². The van der Waals surface area contributed by atoms with E-state index in [2.05, 4.69) is 10.6 Å². The van der Waals surface area contributed by atoms with Crippen molar-refractivity contribution in [2.45, 2.75) is 18.9 Å². The second kappa shape index (κ2) is 8.82. The first-order valence-corrected chi connectivity index (χ1v) is 7.65. The van der Waals surface area contributed by atoms with Crippen LogP contribution in [0.5, 0.6) is 0 Å². The maximum Gasteiger partial charge on any atom is 0.244 e. The van der Waals surface area contributed by atoms with Crippen molar-refractivity contribution in [2.24, 2.45) is 0 Å². The molecule has 1 amide bonds. The zero-order chi connectivity index (χ0) is 14.9. The van der Waals surface area contributed by atoms with Gasteiger partial charge in [-0.25, -0.2) is 0 Å². The Labute approximate surface area is 130 Å². The first-order chi connectivity index (χ1) is 10.2. The summed E-state index contributed by atoms with van der Waals surface area (Å²) in [6.45, 7) is 3.13. The third kappa shape index (κ3) is 6.29. The summed E-state index contributed by atoms with van der Waals surface area (Å²) < 4.78 is 5.72. The number of nitrogens with one attached hydrogen (secondary N) is 2. The topological polar surface area (TPSA) is 50.4 Å². The Balaban J connectivity index is 1.61. The Bertz CT molecular complexity index is 468. The molecule has 0 bridgehead atoms. The first-order valence-electron chi connectivity index (χ1n) is 7.28. The van der Waals surface area contributed by atoms with Gasteiger partial charge in [0.15, 0.2) is 0 Å². The number of rotatable bonds is 6. The van der Waals surface area contributed by atoms with Gasteiger partial charge in [0, 0.05) is 17.6 Å². The van der Waals surface area contributed by atoms with Gasteiger partial charge in [0.2, 0.25) is 5.91 Å². The SMILES string of the molecule is O=C(C=Cc1ccc(Cl)cc1)NCCOC1CCNCC1. The Morgan fingerprint density at radius 1 is 1.33 bits per heavy atom. The van der Waals surface area contributed by atoms with Crippen molar-refractivity contribution in [3.05, 3.63) is 40.9 Å². The smallest absolute Gasteiger partial charge is 0.244 e. The molecule has 0 atom stereocenters. The predicted molar refractivity (Wildman–Crippen MR) is 85.3 cm³/mol. The van der Waals surface area contributed by atoms with Crippen molar-refractivity contribution in [3.63, 3.8) is 0 Å². The van der Waals surface area contributed by atoms with Crippen LogP contribution in [0.3, 0.4) is 0 Å². The van der Waals surface area contributed by atoms with Crippen LogP contribution in [-0.4, -0.2) is 38.3 Å². The van der Waals surface area contributed by atoms with Crippen LogP contribution in [0.15, 0.2) is 30.3 Å². The number of benzene rings is 1. The molecule has 2 rings (SSSR count). The molecule has 114 valence electrons. The fourth-order valence-electron chi connectivity index (χ4n) is 2.17. The average molecular weight is 309 g/mol. The summed E-state index contributed by atoms with van der Waals surface area (Å²) in [6, 6.07) is 7.33. The summed E-state index contributed by atoms with van der Waals surface area (Å²) in [4.78, 5) is 11.6. The molecule has 1 aromatic carbocycles. The fourth-order valence-corrected chi connectivity index (χ4v) is 2.29. The molecule has 1 fully saturated rings. The molecule has 1 aliphatic rings. The lowest BCUT2D eigenvalue weighted by Crippen LogP contribution is -2.34.